The summed E-state index contributed by atoms with van der Waals surface area (Å²) in [6, 6.07) is 0. The number of hydrogen-bond acceptors (Lipinski definition) is 3. The maximum absolute atomic E-state index is 13.0. The van der Waals surface area contributed by atoms with E-state index in [-0.39, 0.29) is 30.3 Å². The number of likely N-dealkylation sites (tertiary alicyclic amines) is 1. The van der Waals surface area contributed by atoms with E-state index >= 15 is 0 Å². The highest BCUT2D eigenvalue weighted by atomic mass is 19.3. The highest BCUT2D eigenvalue weighted by molar-refractivity contribution is 5.80. The third kappa shape index (κ3) is 2.80. The highest BCUT2D eigenvalue weighted by Crippen LogP contribution is 2.45. The third-order valence-electron chi connectivity index (χ3n) is 5.17. The van der Waals surface area contributed by atoms with Crippen molar-refractivity contribution in [2.45, 2.75) is 44.1 Å². The monoisotopic (exact) mass is 303 g/mol. The van der Waals surface area contributed by atoms with Crippen molar-refractivity contribution in [3.63, 3.8) is 0 Å². The van der Waals surface area contributed by atoms with Gasteiger partial charge >= 0.3 is 0 Å². The van der Waals surface area contributed by atoms with Gasteiger partial charge < -0.3 is 14.4 Å². The number of methoxy groups -OCH3 is 1. The molecule has 3 aliphatic rings. The second-order valence-electron chi connectivity index (χ2n) is 6.77. The lowest BCUT2D eigenvalue weighted by Crippen LogP contribution is -2.60. The van der Waals surface area contributed by atoms with Crippen LogP contribution in [-0.4, -0.2) is 56.2 Å². The molecule has 0 aromatic rings. The van der Waals surface area contributed by atoms with E-state index in [2.05, 4.69) is 0 Å². The summed E-state index contributed by atoms with van der Waals surface area (Å²) in [5, 5.41) is 0. The Morgan fingerprint density at radius 3 is 2.86 bits per heavy atom. The number of alkyl halides is 2. The van der Waals surface area contributed by atoms with E-state index in [1.165, 1.54) is 0 Å². The fraction of sp³-hybridized carbons (Fsp3) is 0.933. The SMILES string of the molecule is COCC12CCCOC1CCN(C(=O)C1CC(F)(F)C1)C2. The minimum Gasteiger partial charge on any atom is -0.384 e. The molecule has 120 valence electrons. The Balaban J connectivity index is 1.67. The zero-order valence-electron chi connectivity index (χ0n) is 12.4. The molecule has 0 bridgehead atoms. The third-order valence-corrected chi connectivity index (χ3v) is 5.17. The van der Waals surface area contributed by atoms with E-state index in [0.717, 1.165) is 25.9 Å². The molecule has 0 N–H and O–H groups in total. The van der Waals surface area contributed by atoms with Gasteiger partial charge in [-0.2, -0.15) is 0 Å². The van der Waals surface area contributed by atoms with E-state index in [0.29, 0.717) is 19.7 Å². The number of hydrogen-bond donors (Lipinski definition) is 0. The van der Waals surface area contributed by atoms with Crippen molar-refractivity contribution in [3.8, 4) is 0 Å². The van der Waals surface area contributed by atoms with Crippen molar-refractivity contribution in [2.24, 2.45) is 11.3 Å². The van der Waals surface area contributed by atoms with Crippen molar-refractivity contribution in [1.29, 1.82) is 0 Å². The predicted octanol–water partition coefficient (Wildman–Crippen LogP) is 2.08. The summed E-state index contributed by atoms with van der Waals surface area (Å²) in [5.41, 5.74) is -0.160. The van der Waals surface area contributed by atoms with Gasteiger partial charge in [-0.25, -0.2) is 8.78 Å². The molecule has 4 nitrogen and oxygen atoms in total. The van der Waals surface area contributed by atoms with Gasteiger partial charge in [-0.3, -0.25) is 4.79 Å². The second-order valence-corrected chi connectivity index (χ2v) is 6.77. The maximum atomic E-state index is 13.0. The number of halogens is 2. The molecule has 1 amide bonds. The van der Waals surface area contributed by atoms with Crippen LogP contribution in [0.15, 0.2) is 0 Å². The van der Waals surface area contributed by atoms with Crippen molar-refractivity contribution in [1.82, 2.24) is 4.90 Å². The Kier molecular flexibility index (Phi) is 3.94. The average molecular weight is 303 g/mol. The second kappa shape index (κ2) is 5.47. The molecule has 2 atom stereocenters. The molecule has 0 aromatic carbocycles. The number of fused-ring (bicyclic) bond motifs is 1. The van der Waals surface area contributed by atoms with Crippen LogP contribution in [0.25, 0.3) is 0 Å². The Morgan fingerprint density at radius 1 is 1.43 bits per heavy atom. The minimum absolute atomic E-state index is 0.111. The van der Waals surface area contributed by atoms with Crippen molar-refractivity contribution >= 4 is 5.91 Å². The molecule has 3 fully saturated rings. The molecule has 1 aliphatic carbocycles. The molecule has 3 rings (SSSR count). The van der Waals surface area contributed by atoms with Crippen LogP contribution in [0.1, 0.15) is 32.1 Å². The molecule has 21 heavy (non-hydrogen) atoms. The highest BCUT2D eigenvalue weighted by Gasteiger charge is 2.52. The minimum atomic E-state index is -2.64. The van der Waals surface area contributed by atoms with Crippen LogP contribution in [-0.2, 0) is 14.3 Å². The summed E-state index contributed by atoms with van der Waals surface area (Å²) in [4.78, 5) is 14.2. The van der Waals surface area contributed by atoms with Gasteiger partial charge in [0.1, 0.15) is 0 Å². The van der Waals surface area contributed by atoms with Gasteiger partial charge in [-0.1, -0.05) is 0 Å². The lowest BCUT2D eigenvalue weighted by atomic mass is 9.72. The van der Waals surface area contributed by atoms with Gasteiger partial charge in [0.2, 0.25) is 11.8 Å². The average Bonchev–Trinajstić information content (AvgIpc) is 2.43. The molecule has 2 unspecified atom stereocenters. The number of piperidine rings is 1. The van der Waals surface area contributed by atoms with Crippen LogP contribution in [0.5, 0.6) is 0 Å². The van der Waals surface area contributed by atoms with Crippen LogP contribution < -0.4 is 0 Å². The first-order chi connectivity index (χ1) is 9.96. The molecular formula is C15H23F2NO3. The zero-order chi connectivity index (χ0) is 15.1. The smallest absolute Gasteiger partial charge is 0.249 e. The van der Waals surface area contributed by atoms with Crippen LogP contribution >= 0.6 is 0 Å². The van der Waals surface area contributed by atoms with E-state index in [9.17, 15) is 13.6 Å². The van der Waals surface area contributed by atoms with Gasteiger partial charge in [0, 0.05) is 51.0 Å². The first-order valence-corrected chi connectivity index (χ1v) is 7.73. The first kappa shape index (κ1) is 15.2. The molecule has 2 aliphatic heterocycles. The Bertz CT molecular complexity index is 406. The van der Waals surface area contributed by atoms with E-state index < -0.39 is 11.8 Å². The number of carbonyl (C=O) groups is 1. The molecular weight excluding hydrogens is 280 g/mol. The number of carbonyl (C=O) groups excluding carboxylic acids is 1. The van der Waals surface area contributed by atoms with Crippen LogP contribution in [0.3, 0.4) is 0 Å². The maximum Gasteiger partial charge on any atom is 0.249 e. The molecule has 6 heteroatoms. The molecule has 0 spiro atoms. The van der Waals surface area contributed by atoms with E-state index in [1.807, 2.05) is 0 Å². The summed E-state index contributed by atoms with van der Waals surface area (Å²) in [6.45, 7) is 2.50. The standard InChI is InChI=1S/C15H23F2NO3/c1-20-10-14-4-2-6-21-12(14)3-5-18(9-14)13(19)11-7-15(16,17)8-11/h11-12H,2-10H2,1H3. The van der Waals surface area contributed by atoms with Crippen LogP contribution in [0.4, 0.5) is 8.78 Å². The Morgan fingerprint density at radius 2 is 2.19 bits per heavy atom. The van der Waals surface area contributed by atoms with Gasteiger partial charge in [-0.05, 0) is 19.3 Å². The summed E-state index contributed by atoms with van der Waals surface area (Å²) >= 11 is 0. The van der Waals surface area contributed by atoms with Crippen LogP contribution in [0.2, 0.25) is 0 Å². The normalized spacial score (nSPS) is 36.0. The number of rotatable bonds is 3. The summed E-state index contributed by atoms with van der Waals surface area (Å²) in [5.74, 6) is -3.25. The number of amides is 1. The molecule has 2 heterocycles. The summed E-state index contributed by atoms with van der Waals surface area (Å²) in [6.07, 6.45) is 2.25. The molecule has 0 aromatic heterocycles. The van der Waals surface area contributed by atoms with Crippen molar-refractivity contribution in [3.05, 3.63) is 0 Å². The fourth-order valence-corrected chi connectivity index (χ4v) is 4.07. The van der Waals surface area contributed by atoms with Crippen LogP contribution in [0, 0.1) is 11.3 Å². The topological polar surface area (TPSA) is 38.8 Å². The van der Waals surface area contributed by atoms with Gasteiger partial charge in [0.15, 0.2) is 0 Å². The molecule has 1 saturated carbocycles. The van der Waals surface area contributed by atoms with E-state index in [4.69, 9.17) is 9.47 Å². The summed E-state index contributed by atoms with van der Waals surface area (Å²) < 4.78 is 37.2. The quantitative estimate of drug-likeness (QED) is 0.801. The molecule has 2 saturated heterocycles. The fourth-order valence-electron chi connectivity index (χ4n) is 4.07. The lowest BCUT2D eigenvalue weighted by molar-refractivity contribution is -0.178. The first-order valence-electron chi connectivity index (χ1n) is 7.73. The zero-order valence-corrected chi connectivity index (χ0v) is 12.4. The number of ether oxygens (including phenoxy) is 2. The van der Waals surface area contributed by atoms with Gasteiger partial charge in [0.25, 0.3) is 0 Å². The molecule has 0 radical (unpaired) electrons. The van der Waals surface area contributed by atoms with E-state index in [1.54, 1.807) is 12.0 Å². The largest absolute Gasteiger partial charge is 0.384 e. The Labute approximate surface area is 123 Å². The van der Waals surface area contributed by atoms with Gasteiger partial charge in [-0.15, -0.1) is 0 Å². The summed E-state index contributed by atoms with van der Waals surface area (Å²) in [7, 11) is 1.66. The number of nitrogens with zero attached hydrogens (tertiary/aromatic N) is 1. The van der Waals surface area contributed by atoms with Crippen molar-refractivity contribution in [2.75, 3.05) is 33.4 Å². The van der Waals surface area contributed by atoms with Crippen molar-refractivity contribution < 1.29 is 23.0 Å². The predicted molar refractivity (Wildman–Crippen MR) is 72.2 cm³/mol. The lowest BCUT2D eigenvalue weighted by Gasteiger charge is -2.51. The van der Waals surface area contributed by atoms with Gasteiger partial charge in [0.05, 0.1) is 12.7 Å². The Hall–Kier alpha value is -0.750.